The van der Waals surface area contributed by atoms with Crippen molar-refractivity contribution in [2.75, 3.05) is 66.4 Å². The lowest BCUT2D eigenvalue weighted by atomic mass is 9.77. The van der Waals surface area contributed by atoms with Crippen LogP contribution < -0.4 is 4.90 Å². The number of esters is 1. The highest BCUT2D eigenvalue weighted by Gasteiger charge is 2.53. The Labute approximate surface area is 455 Å². The van der Waals surface area contributed by atoms with Gasteiger partial charge in [0.1, 0.15) is 35.8 Å². The predicted molar refractivity (Wildman–Crippen MR) is 282 cm³/mol. The Hall–Kier alpha value is -3.47. The molecule has 1 aromatic carbocycles. The second kappa shape index (κ2) is 25.1. The summed E-state index contributed by atoms with van der Waals surface area (Å²) >= 11 is 0. The SMILES string of the molecule is CC[C@H]1OC(=O)[C@H](C)[C@@H](O[C@H]2C[C@@](C)(OC)[C@@H](O)[C@H](C)O2)[C@H](C)[C@@H](O[C@@H]2O[C@H](C)C[C@H](N(C)CCC3CN(C=C4CN(c5ccc(S(=O)(=O)N(C)C)cc5)C(=O)O4)N=N3)[C@H]2O)[C@](C)(O)C[C@@H](C)CN(C)[C@H](C)[C@@H](O)[C@]1(C)O. The number of methoxy groups -OCH3 is 1. The Bertz CT molecular complexity index is 2330. The number of nitrogens with zero attached hydrogens (tertiary/aromatic N) is 7. The Morgan fingerprint density at radius 1 is 0.922 bits per heavy atom. The van der Waals surface area contributed by atoms with Crippen molar-refractivity contribution in [2.45, 2.75) is 203 Å². The second-order valence-electron chi connectivity index (χ2n) is 23.3. The molecule has 0 spiro atoms. The van der Waals surface area contributed by atoms with Crippen LogP contribution >= 0.6 is 0 Å². The molecule has 23 nitrogen and oxygen atoms in total. The number of amides is 1. The lowest BCUT2D eigenvalue weighted by Crippen LogP contribution is -2.61. The third-order valence-corrected chi connectivity index (χ3v) is 18.5. The van der Waals surface area contributed by atoms with Crippen LogP contribution in [0.3, 0.4) is 0 Å². The first-order chi connectivity index (χ1) is 35.8. The average molecular weight is 1110 g/mol. The molecule has 1 aromatic rings. The maximum atomic E-state index is 14.5. The zero-order valence-electron chi connectivity index (χ0n) is 47.8. The van der Waals surface area contributed by atoms with Crippen molar-refractivity contribution in [2.24, 2.45) is 28.1 Å². The van der Waals surface area contributed by atoms with Gasteiger partial charge in [0.25, 0.3) is 0 Å². The number of carbonyl (C=O) groups excluding carboxylic acids is 2. The van der Waals surface area contributed by atoms with Crippen molar-refractivity contribution in [1.29, 1.82) is 0 Å². The number of aliphatic hydroxyl groups excluding tert-OH is 3. The van der Waals surface area contributed by atoms with Gasteiger partial charge in [-0.3, -0.25) is 9.69 Å². The Kier molecular flexibility index (Phi) is 20.5. The highest BCUT2D eigenvalue weighted by molar-refractivity contribution is 7.89. The van der Waals surface area contributed by atoms with Gasteiger partial charge in [0, 0.05) is 64.4 Å². The van der Waals surface area contributed by atoms with E-state index in [0.717, 1.165) is 4.31 Å². The third kappa shape index (κ3) is 14.2. The number of rotatable bonds is 14. The van der Waals surface area contributed by atoms with Gasteiger partial charge >= 0.3 is 12.1 Å². The number of carbonyl (C=O) groups is 2. The van der Waals surface area contributed by atoms with E-state index < -0.39 is 124 Å². The lowest BCUT2D eigenvalue weighted by Gasteiger charge is -2.49. The van der Waals surface area contributed by atoms with Gasteiger partial charge in [-0.25, -0.2) is 22.5 Å². The smallest absolute Gasteiger partial charge is 0.419 e. The average Bonchev–Trinajstić information content (AvgIpc) is 3.98. The van der Waals surface area contributed by atoms with Crippen molar-refractivity contribution in [1.82, 2.24) is 19.1 Å². The molecular formula is C53H89N7O16S. The molecule has 0 saturated carbocycles. The first-order valence-electron chi connectivity index (χ1n) is 27.0. The number of aliphatic hydroxyl groups is 5. The van der Waals surface area contributed by atoms with Crippen LogP contribution in [0.15, 0.2) is 51.5 Å². The Morgan fingerprint density at radius 2 is 1.58 bits per heavy atom. The van der Waals surface area contributed by atoms with Crippen LogP contribution in [-0.4, -0.2) is 223 Å². The van der Waals surface area contributed by atoms with E-state index in [1.165, 1.54) is 45.2 Å². The van der Waals surface area contributed by atoms with E-state index >= 15 is 0 Å². The summed E-state index contributed by atoms with van der Waals surface area (Å²) in [6.07, 6.45) is -7.93. The number of sulfonamides is 1. The molecule has 5 N–H and O–H groups in total. The molecule has 5 aliphatic heterocycles. The molecule has 24 heteroatoms. The third-order valence-electron chi connectivity index (χ3n) is 16.6. The summed E-state index contributed by atoms with van der Waals surface area (Å²) in [4.78, 5) is 32.8. The van der Waals surface area contributed by atoms with E-state index in [0.29, 0.717) is 43.9 Å². The van der Waals surface area contributed by atoms with Crippen molar-refractivity contribution >= 4 is 27.8 Å². The molecule has 19 atom stereocenters. The van der Waals surface area contributed by atoms with Crippen molar-refractivity contribution in [3.8, 4) is 0 Å². The largest absolute Gasteiger partial charge is 0.459 e. The molecule has 77 heavy (non-hydrogen) atoms. The van der Waals surface area contributed by atoms with Crippen molar-refractivity contribution < 1.29 is 76.7 Å². The summed E-state index contributed by atoms with van der Waals surface area (Å²) in [6, 6.07) is 4.68. The normalized spacial score (nSPS) is 41.0. The summed E-state index contributed by atoms with van der Waals surface area (Å²) < 4.78 is 70.0. The number of cyclic esters (lactones) is 2. The highest BCUT2D eigenvalue weighted by atomic mass is 32.2. The number of likely N-dealkylation sites (N-methyl/N-ethyl adjacent to an activating group) is 2. The maximum Gasteiger partial charge on any atom is 0.419 e. The maximum absolute atomic E-state index is 14.5. The minimum atomic E-state index is -3.65. The number of anilines is 1. The molecule has 0 aromatic heterocycles. The summed E-state index contributed by atoms with van der Waals surface area (Å²) in [5, 5.41) is 70.2. The second-order valence-corrected chi connectivity index (χ2v) is 25.4. The molecule has 0 bridgehead atoms. The summed E-state index contributed by atoms with van der Waals surface area (Å²) in [5.41, 5.74) is -4.14. The van der Waals surface area contributed by atoms with Crippen LogP contribution in [0.2, 0.25) is 0 Å². The number of benzene rings is 1. The molecule has 438 valence electrons. The molecule has 5 heterocycles. The highest BCUT2D eigenvalue weighted by Crippen LogP contribution is 2.41. The fourth-order valence-corrected chi connectivity index (χ4v) is 12.6. The van der Waals surface area contributed by atoms with Gasteiger partial charge in [-0.05, 0) is 118 Å². The van der Waals surface area contributed by atoms with Gasteiger partial charge in [0.2, 0.25) is 10.0 Å². The molecule has 0 aliphatic carbocycles. The predicted octanol–water partition coefficient (Wildman–Crippen LogP) is 3.46. The molecule has 1 amide bonds. The van der Waals surface area contributed by atoms with E-state index in [9.17, 15) is 43.5 Å². The molecule has 4 fully saturated rings. The molecule has 0 radical (unpaired) electrons. The minimum absolute atomic E-state index is 0.0789. The molecular weight excluding hydrogens is 1020 g/mol. The number of ether oxygens (including phenoxy) is 7. The Morgan fingerprint density at radius 3 is 2.21 bits per heavy atom. The first kappa shape index (κ1) is 62.7. The van der Waals surface area contributed by atoms with Crippen LogP contribution in [0.25, 0.3) is 0 Å². The number of hydrogen-bond donors (Lipinski definition) is 5. The zero-order valence-corrected chi connectivity index (χ0v) is 48.6. The molecule has 5 aliphatic rings. The summed E-state index contributed by atoms with van der Waals surface area (Å²) in [6.45, 7) is 18.8. The van der Waals surface area contributed by atoms with Crippen LogP contribution in [0, 0.1) is 17.8 Å². The van der Waals surface area contributed by atoms with Crippen LogP contribution in [-0.2, 0) is 48.0 Å². The van der Waals surface area contributed by atoms with Crippen LogP contribution in [0.4, 0.5) is 10.5 Å². The zero-order chi connectivity index (χ0) is 57.3. The molecule has 4 saturated heterocycles. The van der Waals surface area contributed by atoms with E-state index in [2.05, 4.69) is 10.3 Å². The Balaban J connectivity index is 1.20. The summed E-state index contributed by atoms with van der Waals surface area (Å²) in [5.74, 6) is -2.55. The van der Waals surface area contributed by atoms with Crippen LogP contribution in [0.5, 0.6) is 0 Å². The lowest BCUT2D eigenvalue weighted by molar-refractivity contribution is -0.318. The van der Waals surface area contributed by atoms with Gasteiger partial charge in [-0.2, -0.15) is 5.11 Å². The monoisotopic (exact) mass is 1110 g/mol. The van der Waals surface area contributed by atoms with Crippen molar-refractivity contribution in [3.05, 3.63) is 36.2 Å². The topological polar surface area (TPSA) is 275 Å². The molecule has 6 rings (SSSR count). The first-order valence-corrected chi connectivity index (χ1v) is 28.5. The molecule has 1 unspecified atom stereocenters. The van der Waals surface area contributed by atoms with Gasteiger partial charge in [0.05, 0.1) is 71.8 Å². The van der Waals surface area contributed by atoms with E-state index in [1.54, 1.807) is 71.8 Å². The van der Waals surface area contributed by atoms with E-state index in [4.69, 9.17) is 33.2 Å². The van der Waals surface area contributed by atoms with Gasteiger partial charge in [0.15, 0.2) is 12.6 Å². The van der Waals surface area contributed by atoms with Crippen LogP contribution in [0.1, 0.15) is 101 Å². The van der Waals surface area contributed by atoms with Gasteiger partial charge < -0.3 is 68.5 Å². The van der Waals surface area contributed by atoms with E-state index in [-0.39, 0.29) is 42.7 Å². The minimum Gasteiger partial charge on any atom is -0.459 e. The standard InChI is InChI=1S/C53H89N7O16S/c1-16-41-53(10,67)45(62)34(6)58(14)26-30(2)24-51(8,66)47(32(4)44(33(5)48(64)74-41)75-42-25-52(9,70-15)46(63)35(7)72-42)76-49-43(61)40(23-31(3)71-49)57(13)22-21-36-27-59(55-54-36)28-38-29-60(50(65)73-38)37-17-19-39(20-18-37)77(68,69)56(11)12/h17-20,28,30-36,40-47,49,61-63,66-67H,16,21-27,29H2,1-15H3/t30-,31-,32+,33-,34-,35+,36?,40+,41-,42+,43-,44+,45-,46+,47-,49+,51-,52-,53-/m1/s1. The summed E-state index contributed by atoms with van der Waals surface area (Å²) in [7, 11) is 4.46. The van der Waals surface area contributed by atoms with Crippen molar-refractivity contribution in [3.63, 3.8) is 0 Å². The van der Waals surface area contributed by atoms with Gasteiger partial charge in [-0.1, -0.05) is 26.0 Å². The van der Waals surface area contributed by atoms with E-state index in [1.807, 2.05) is 37.7 Å². The van der Waals surface area contributed by atoms with Gasteiger partial charge in [-0.15, -0.1) is 0 Å². The quantitative estimate of drug-likeness (QED) is 0.167. The fourth-order valence-electron chi connectivity index (χ4n) is 11.7. The fraction of sp³-hybridized carbons (Fsp3) is 0.811. The number of hydrogen-bond acceptors (Lipinski definition) is 21.